The summed E-state index contributed by atoms with van der Waals surface area (Å²) in [6.45, 7) is 1.97. The first-order chi connectivity index (χ1) is 8.77. The molecule has 0 aliphatic carbocycles. The molecule has 3 rings (SSSR count). The smallest absolute Gasteiger partial charge is 0.241 e. The van der Waals surface area contributed by atoms with Gasteiger partial charge in [0.2, 0.25) is 5.91 Å². The predicted octanol–water partition coefficient (Wildman–Crippen LogP) is 2.46. The normalized spacial score (nSPS) is 33.1. The molecule has 2 aliphatic heterocycles. The summed E-state index contributed by atoms with van der Waals surface area (Å²) in [6, 6.07) is 2.47. The van der Waals surface area contributed by atoms with Crippen molar-refractivity contribution in [1.29, 1.82) is 0 Å². The molecule has 2 saturated heterocycles. The van der Waals surface area contributed by atoms with E-state index in [1.165, 1.54) is 17.7 Å². The van der Waals surface area contributed by atoms with Gasteiger partial charge in [0.1, 0.15) is 6.17 Å². The second kappa shape index (κ2) is 5.23. The average Bonchev–Trinajstić information content (AvgIpc) is 3.00. The van der Waals surface area contributed by atoms with E-state index in [-0.39, 0.29) is 18.1 Å². The van der Waals surface area contributed by atoms with Crippen LogP contribution in [0.1, 0.15) is 31.5 Å². The number of nitrogens with one attached hydrogen (secondary N) is 1. The van der Waals surface area contributed by atoms with Crippen LogP contribution in [0.4, 0.5) is 0 Å². The van der Waals surface area contributed by atoms with Crippen LogP contribution in [0.2, 0.25) is 0 Å². The van der Waals surface area contributed by atoms with Crippen LogP contribution in [0.15, 0.2) is 16.8 Å². The van der Waals surface area contributed by atoms with Crippen molar-refractivity contribution < 1.29 is 4.79 Å². The van der Waals surface area contributed by atoms with Gasteiger partial charge in [-0.15, -0.1) is 0 Å². The molecule has 0 aromatic carbocycles. The Labute approximate surface area is 116 Å². The number of thiophene rings is 1. The zero-order chi connectivity index (χ0) is 12.5. The van der Waals surface area contributed by atoms with Gasteiger partial charge in [-0.1, -0.05) is 0 Å². The maximum absolute atomic E-state index is 12.4. The maximum Gasteiger partial charge on any atom is 0.241 e. The highest BCUT2D eigenvalue weighted by Crippen LogP contribution is 2.33. The fraction of sp³-hybridized carbons (Fsp3) is 0.615. The molecule has 1 aromatic rings. The average molecular weight is 282 g/mol. The Morgan fingerprint density at radius 1 is 1.50 bits per heavy atom. The number of carbonyl (C=O) groups excluding carboxylic acids is 1. The fourth-order valence-corrected chi connectivity index (χ4v) is 4.58. The Kier molecular flexibility index (Phi) is 3.63. The van der Waals surface area contributed by atoms with Crippen LogP contribution in [-0.2, 0) is 4.79 Å². The van der Waals surface area contributed by atoms with E-state index in [1.54, 1.807) is 11.3 Å². The Hall–Kier alpha value is -0.520. The van der Waals surface area contributed by atoms with Crippen LogP contribution < -0.4 is 5.32 Å². The van der Waals surface area contributed by atoms with E-state index in [4.69, 9.17) is 0 Å². The van der Waals surface area contributed by atoms with Gasteiger partial charge >= 0.3 is 0 Å². The third-order valence-corrected chi connectivity index (χ3v) is 5.60. The summed E-state index contributed by atoms with van der Waals surface area (Å²) in [5, 5.41) is 7.65. The van der Waals surface area contributed by atoms with Crippen LogP contribution in [0.3, 0.4) is 0 Å². The zero-order valence-electron chi connectivity index (χ0n) is 10.5. The molecule has 1 N–H and O–H groups in total. The van der Waals surface area contributed by atoms with Gasteiger partial charge in [-0.2, -0.15) is 23.1 Å². The van der Waals surface area contributed by atoms with Gasteiger partial charge in [0, 0.05) is 11.8 Å². The van der Waals surface area contributed by atoms with E-state index in [0.717, 1.165) is 12.2 Å². The van der Waals surface area contributed by atoms with E-state index in [0.29, 0.717) is 6.04 Å². The van der Waals surface area contributed by atoms with Gasteiger partial charge in [0.25, 0.3) is 0 Å². The monoisotopic (exact) mass is 282 g/mol. The third-order valence-electron chi connectivity index (χ3n) is 3.70. The molecule has 3 unspecified atom stereocenters. The number of carbonyl (C=O) groups is 1. The van der Waals surface area contributed by atoms with Gasteiger partial charge in [-0.25, -0.2) is 0 Å². The highest BCUT2D eigenvalue weighted by atomic mass is 32.2. The summed E-state index contributed by atoms with van der Waals surface area (Å²) in [6.07, 6.45) is 2.46. The van der Waals surface area contributed by atoms with Crippen molar-refractivity contribution in [2.45, 2.75) is 38.0 Å². The Bertz CT molecular complexity index is 415. The first-order valence-electron chi connectivity index (χ1n) is 6.45. The molecular weight excluding hydrogens is 264 g/mol. The van der Waals surface area contributed by atoms with Crippen molar-refractivity contribution in [2.24, 2.45) is 0 Å². The first-order valence-corrected chi connectivity index (χ1v) is 8.55. The van der Waals surface area contributed by atoms with Gasteiger partial charge < -0.3 is 4.90 Å². The molecule has 98 valence electrons. The number of amides is 1. The molecule has 3 atom stereocenters. The topological polar surface area (TPSA) is 32.3 Å². The third kappa shape index (κ3) is 2.19. The van der Waals surface area contributed by atoms with Crippen molar-refractivity contribution >= 4 is 29.0 Å². The van der Waals surface area contributed by atoms with E-state index in [1.807, 2.05) is 18.7 Å². The van der Waals surface area contributed by atoms with Crippen molar-refractivity contribution in [1.82, 2.24) is 10.2 Å². The van der Waals surface area contributed by atoms with Crippen LogP contribution >= 0.6 is 23.1 Å². The molecule has 2 aliphatic rings. The number of rotatable bonds is 2. The minimum Gasteiger partial charge on any atom is -0.318 e. The predicted molar refractivity (Wildman–Crippen MR) is 76.9 cm³/mol. The summed E-state index contributed by atoms with van der Waals surface area (Å²) >= 11 is 3.67. The highest BCUT2D eigenvalue weighted by Gasteiger charge is 2.41. The van der Waals surface area contributed by atoms with Gasteiger partial charge in [-0.05, 0) is 47.9 Å². The minimum atomic E-state index is -0.0539. The fourth-order valence-electron chi connectivity index (χ4n) is 2.76. The zero-order valence-corrected chi connectivity index (χ0v) is 12.1. The summed E-state index contributed by atoms with van der Waals surface area (Å²) in [4.78, 5) is 14.5. The summed E-state index contributed by atoms with van der Waals surface area (Å²) in [5.41, 5.74) is 1.23. The minimum absolute atomic E-state index is 0.0539. The second-order valence-electron chi connectivity index (χ2n) is 4.96. The Morgan fingerprint density at radius 3 is 3.06 bits per heavy atom. The summed E-state index contributed by atoms with van der Waals surface area (Å²) < 4.78 is 0. The molecule has 3 nitrogen and oxygen atoms in total. The Morgan fingerprint density at radius 2 is 2.39 bits per heavy atom. The second-order valence-corrected chi connectivity index (χ2v) is 6.89. The molecule has 5 heteroatoms. The molecule has 0 radical (unpaired) electrons. The summed E-state index contributed by atoms with van der Waals surface area (Å²) in [5.74, 6) is 2.59. The molecule has 1 aromatic heterocycles. The lowest BCUT2D eigenvalue weighted by atomic mass is 10.1. The van der Waals surface area contributed by atoms with Crippen LogP contribution in [0, 0.1) is 0 Å². The number of hydrogen-bond acceptors (Lipinski definition) is 4. The largest absolute Gasteiger partial charge is 0.318 e. The molecule has 18 heavy (non-hydrogen) atoms. The van der Waals surface area contributed by atoms with Crippen LogP contribution in [0.25, 0.3) is 0 Å². The lowest BCUT2D eigenvalue weighted by Crippen LogP contribution is -2.42. The first kappa shape index (κ1) is 12.5. The lowest BCUT2D eigenvalue weighted by Gasteiger charge is -2.34. The van der Waals surface area contributed by atoms with Gasteiger partial charge in [-0.3, -0.25) is 10.1 Å². The van der Waals surface area contributed by atoms with Crippen molar-refractivity contribution in [3.05, 3.63) is 22.4 Å². The quantitative estimate of drug-likeness (QED) is 0.904. The molecular formula is C13H18N2OS2. The van der Waals surface area contributed by atoms with Crippen molar-refractivity contribution in [3.8, 4) is 0 Å². The van der Waals surface area contributed by atoms with E-state index in [2.05, 4.69) is 27.0 Å². The lowest BCUT2D eigenvalue weighted by molar-refractivity contribution is -0.131. The van der Waals surface area contributed by atoms with E-state index >= 15 is 0 Å². The standard InChI is InChI=1S/C13H18N2OS2/c1-9-13(16)15(11-3-2-5-17-8-11)12(14-9)10-4-6-18-7-10/h4,6-7,9,11-12,14H,2-3,5,8H2,1H3. The molecule has 0 spiro atoms. The number of hydrogen-bond donors (Lipinski definition) is 1. The maximum atomic E-state index is 12.4. The number of thioether (sulfide) groups is 1. The van der Waals surface area contributed by atoms with Crippen molar-refractivity contribution in [2.75, 3.05) is 11.5 Å². The van der Waals surface area contributed by atoms with Gasteiger partial charge in [0.05, 0.1) is 6.04 Å². The Balaban J connectivity index is 1.85. The van der Waals surface area contributed by atoms with Gasteiger partial charge in [0.15, 0.2) is 0 Å². The van der Waals surface area contributed by atoms with E-state index in [9.17, 15) is 4.79 Å². The van der Waals surface area contributed by atoms with Crippen LogP contribution in [0.5, 0.6) is 0 Å². The molecule has 0 saturated carbocycles. The molecule has 1 amide bonds. The molecule has 0 bridgehead atoms. The van der Waals surface area contributed by atoms with E-state index < -0.39 is 0 Å². The molecule has 2 fully saturated rings. The van der Waals surface area contributed by atoms with Crippen LogP contribution in [-0.4, -0.2) is 34.4 Å². The van der Waals surface area contributed by atoms with Crippen molar-refractivity contribution in [3.63, 3.8) is 0 Å². The highest BCUT2D eigenvalue weighted by molar-refractivity contribution is 7.99. The molecule has 3 heterocycles. The number of nitrogens with zero attached hydrogens (tertiary/aromatic N) is 1. The SMILES string of the molecule is CC1NC(c2ccsc2)N(C2CCCSC2)C1=O. The summed E-state index contributed by atoms with van der Waals surface area (Å²) in [7, 11) is 0.